The van der Waals surface area contributed by atoms with Crippen LogP contribution in [0.15, 0.2) is 6.07 Å². The highest BCUT2D eigenvalue weighted by Crippen LogP contribution is 2.50. The van der Waals surface area contributed by atoms with E-state index in [1.54, 1.807) is 0 Å². The van der Waals surface area contributed by atoms with Crippen LogP contribution in [0.5, 0.6) is 0 Å². The molecule has 2 nitrogen and oxygen atoms in total. The average molecular weight is 261 g/mol. The Labute approximate surface area is 92.3 Å². The predicted molar refractivity (Wildman–Crippen MR) is 46.3 cm³/mol. The molecule has 1 heterocycles. The summed E-state index contributed by atoms with van der Waals surface area (Å²) < 4.78 is 74.9. The number of H-pyrrole nitrogens is 1. The molecule has 1 aromatic heterocycles. The van der Waals surface area contributed by atoms with Crippen molar-refractivity contribution in [2.24, 2.45) is 0 Å². The Balaban J connectivity index is 3.52. The van der Waals surface area contributed by atoms with Crippen molar-refractivity contribution >= 4 is 0 Å². The number of aliphatic hydroxyl groups is 1. The fourth-order valence-corrected chi connectivity index (χ4v) is 1.57. The average Bonchev–Trinajstić information content (AvgIpc) is 2.40. The maximum absolute atomic E-state index is 12.5. The number of alkyl halides is 6. The molecular weight excluding hydrogens is 252 g/mol. The minimum Gasteiger partial charge on any atom is -0.369 e. The minimum absolute atomic E-state index is 0.101. The molecule has 0 aliphatic heterocycles. The van der Waals surface area contributed by atoms with Crippen molar-refractivity contribution in [3.8, 4) is 0 Å². The summed E-state index contributed by atoms with van der Waals surface area (Å²) in [7, 11) is 0. The fourth-order valence-electron chi connectivity index (χ4n) is 1.57. The smallest absolute Gasteiger partial charge is 0.369 e. The van der Waals surface area contributed by atoms with E-state index in [9.17, 15) is 26.3 Å². The van der Waals surface area contributed by atoms with Gasteiger partial charge in [-0.2, -0.15) is 26.3 Å². The Hall–Kier alpha value is -1.18. The Morgan fingerprint density at radius 2 is 1.41 bits per heavy atom. The monoisotopic (exact) mass is 261 g/mol. The molecule has 0 atom stereocenters. The molecule has 0 saturated carbocycles. The zero-order chi connectivity index (χ0) is 13.6. The predicted octanol–water partition coefficient (Wildman–Crippen LogP) is 2.94. The summed E-state index contributed by atoms with van der Waals surface area (Å²) in [5.41, 5.74) is -6.35. The van der Waals surface area contributed by atoms with Crippen LogP contribution in [0.25, 0.3) is 0 Å². The minimum atomic E-state index is -5.84. The van der Waals surface area contributed by atoms with Crippen LogP contribution in [0.3, 0.4) is 0 Å². The van der Waals surface area contributed by atoms with Crippen molar-refractivity contribution in [2.75, 3.05) is 0 Å². The summed E-state index contributed by atoms with van der Waals surface area (Å²) in [4.78, 5) is 2.30. The van der Waals surface area contributed by atoms with Gasteiger partial charge in [0.25, 0.3) is 5.60 Å². The first-order valence-electron chi connectivity index (χ1n) is 4.43. The molecule has 0 fully saturated rings. The van der Waals surface area contributed by atoms with E-state index in [0.717, 1.165) is 6.92 Å². The number of rotatable bonds is 1. The number of aromatic amines is 1. The second kappa shape index (κ2) is 3.66. The first-order chi connectivity index (χ1) is 7.41. The third-order valence-corrected chi connectivity index (χ3v) is 2.36. The number of hydrogen-bond donors (Lipinski definition) is 2. The second-order valence-electron chi connectivity index (χ2n) is 3.70. The number of nitrogens with one attached hydrogen (secondary N) is 1. The number of halogens is 6. The van der Waals surface area contributed by atoms with Crippen molar-refractivity contribution in [1.29, 1.82) is 0 Å². The van der Waals surface area contributed by atoms with E-state index in [0.29, 0.717) is 6.07 Å². The molecule has 0 unspecified atom stereocenters. The molecule has 17 heavy (non-hydrogen) atoms. The van der Waals surface area contributed by atoms with E-state index >= 15 is 0 Å². The van der Waals surface area contributed by atoms with Crippen molar-refractivity contribution in [3.63, 3.8) is 0 Å². The SMILES string of the molecule is Cc1cc(C(O)(C(F)(F)F)C(F)(F)F)c(C)[nH]1. The van der Waals surface area contributed by atoms with Gasteiger partial charge in [0.15, 0.2) is 0 Å². The summed E-state index contributed by atoms with van der Waals surface area (Å²) >= 11 is 0. The first-order valence-corrected chi connectivity index (χ1v) is 4.43. The lowest BCUT2D eigenvalue weighted by Crippen LogP contribution is -2.54. The number of hydrogen-bond acceptors (Lipinski definition) is 1. The second-order valence-corrected chi connectivity index (χ2v) is 3.70. The van der Waals surface area contributed by atoms with Crippen LogP contribution in [-0.2, 0) is 5.60 Å². The van der Waals surface area contributed by atoms with Crippen molar-refractivity contribution < 1.29 is 31.4 Å². The summed E-state index contributed by atoms with van der Waals surface area (Å²) in [5, 5.41) is 9.08. The van der Waals surface area contributed by atoms with Crippen LogP contribution in [0.2, 0.25) is 0 Å². The van der Waals surface area contributed by atoms with Gasteiger partial charge in [0.2, 0.25) is 0 Å². The molecule has 0 spiro atoms. The first kappa shape index (κ1) is 13.9. The molecule has 0 aliphatic rings. The Kier molecular flexibility index (Phi) is 2.99. The van der Waals surface area contributed by atoms with Crippen molar-refractivity contribution in [1.82, 2.24) is 4.98 Å². The molecule has 8 heteroatoms. The molecule has 0 amide bonds. The Morgan fingerprint density at radius 1 is 1.00 bits per heavy atom. The molecule has 1 rings (SSSR count). The van der Waals surface area contributed by atoms with Crippen LogP contribution in [-0.4, -0.2) is 22.4 Å². The molecule has 98 valence electrons. The van der Waals surface area contributed by atoms with Crippen LogP contribution < -0.4 is 0 Å². The Bertz CT molecular complexity index is 402. The molecular formula is C9H9F6NO. The molecule has 0 aliphatic carbocycles. The van der Waals surface area contributed by atoms with Crippen LogP contribution in [0.1, 0.15) is 17.0 Å². The fraction of sp³-hybridized carbons (Fsp3) is 0.556. The molecule has 0 aromatic carbocycles. The van der Waals surface area contributed by atoms with Gasteiger partial charge in [-0.25, -0.2) is 0 Å². The van der Waals surface area contributed by atoms with Crippen LogP contribution >= 0.6 is 0 Å². The topological polar surface area (TPSA) is 36.0 Å². The summed E-state index contributed by atoms with van der Waals surface area (Å²) in [5.74, 6) is 0. The Morgan fingerprint density at radius 3 is 1.65 bits per heavy atom. The largest absolute Gasteiger partial charge is 0.430 e. The lowest BCUT2D eigenvalue weighted by atomic mass is 9.92. The van der Waals surface area contributed by atoms with E-state index < -0.39 is 23.5 Å². The van der Waals surface area contributed by atoms with Gasteiger partial charge in [-0.05, 0) is 19.9 Å². The van der Waals surface area contributed by atoms with E-state index in [4.69, 9.17) is 5.11 Å². The lowest BCUT2D eigenvalue weighted by Gasteiger charge is -2.32. The molecule has 0 bridgehead atoms. The number of aryl methyl sites for hydroxylation is 2. The normalized spacial score (nSPS) is 14.2. The van der Waals surface area contributed by atoms with Gasteiger partial charge in [-0.3, -0.25) is 0 Å². The summed E-state index contributed by atoms with van der Waals surface area (Å²) in [6.45, 7) is 2.33. The van der Waals surface area contributed by atoms with Crippen LogP contribution in [0.4, 0.5) is 26.3 Å². The third-order valence-electron chi connectivity index (χ3n) is 2.36. The molecule has 1 aromatic rings. The van der Waals surface area contributed by atoms with Gasteiger partial charge in [-0.1, -0.05) is 0 Å². The quantitative estimate of drug-likeness (QED) is 0.749. The molecule has 0 saturated heterocycles. The van der Waals surface area contributed by atoms with Crippen molar-refractivity contribution in [2.45, 2.75) is 31.8 Å². The van der Waals surface area contributed by atoms with E-state index in [-0.39, 0.29) is 11.4 Å². The van der Waals surface area contributed by atoms with Crippen LogP contribution in [0, 0.1) is 13.8 Å². The molecule has 0 radical (unpaired) electrons. The lowest BCUT2D eigenvalue weighted by molar-refractivity contribution is -0.376. The van der Waals surface area contributed by atoms with Gasteiger partial charge >= 0.3 is 12.4 Å². The van der Waals surface area contributed by atoms with Gasteiger partial charge in [0.05, 0.1) is 0 Å². The number of aromatic nitrogens is 1. The highest BCUT2D eigenvalue weighted by Gasteiger charge is 2.72. The van der Waals surface area contributed by atoms with Gasteiger partial charge in [0.1, 0.15) is 0 Å². The molecule has 2 N–H and O–H groups in total. The third kappa shape index (κ3) is 2.01. The van der Waals surface area contributed by atoms with E-state index in [2.05, 4.69) is 4.98 Å². The van der Waals surface area contributed by atoms with E-state index in [1.165, 1.54) is 6.92 Å². The highest BCUT2D eigenvalue weighted by atomic mass is 19.4. The van der Waals surface area contributed by atoms with Gasteiger partial charge < -0.3 is 10.1 Å². The maximum Gasteiger partial charge on any atom is 0.430 e. The summed E-state index contributed by atoms with van der Waals surface area (Å²) in [6.07, 6.45) is -11.7. The standard InChI is InChI=1S/C9H9F6NO/c1-4-3-6(5(2)16-4)7(17,8(10,11)12)9(13,14)15/h3,16-17H,1-2H3. The van der Waals surface area contributed by atoms with Gasteiger partial charge in [-0.15, -0.1) is 0 Å². The zero-order valence-corrected chi connectivity index (χ0v) is 8.79. The van der Waals surface area contributed by atoms with Gasteiger partial charge in [0, 0.05) is 17.0 Å². The zero-order valence-electron chi connectivity index (χ0n) is 8.79. The van der Waals surface area contributed by atoms with Crippen molar-refractivity contribution in [3.05, 3.63) is 23.0 Å². The van der Waals surface area contributed by atoms with E-state index in [1.807, 2.05) is 0 Å². The highest BCUT2D eigenvalue weighted by molar-refractivity contribution is 5.33. The maximum atomic E-state index is 12.5. The summed E-state index contributed by atoms with van der Waals surface area (Å²) in [6, 6.07) is 0.635.